The molecule has 0 saturated heterocycles. The average Bonchev–Trinajstić information content (AvgIpc) is 2.46. The molecular formula is C14H20O5. The highest BCUT2D eigenvalue weighted by Gasteiger charge is 2.16. The van der Waals surface area contributed by atoms with Gasteiger partial charge in [-0.2, -0.15) is 4.89 Å². The maximum atomic E-state index is 11.8. The van der Waals surface area contributed by atoms with Gasteiger partial charge in [0.05, 0.1) is 20.8 Å². The monoisotopic (exact) mass is 268 g/mol. The number of hydrogen-bond acceptors (Lipinski definition) is 5. The highest BCUT2D eigenvalue weighted by atomic mass is 17.2. The minimum Gasteiger partial charge on any atom is -0.497 e. The molecule has 19 heavy (non-hydrogen) atoms. The van der Waals surface area contributed by atoms with Crippen LogP contribution in [0.2, 0.25) is 0 Å². The molecule has 0 saturated carbocycles. The van der Waals surface area contributed by atoms with Crippen molar-refractivity contribution in [2.45, 2.75) is 26.2 Å². The molecule has 1 aromatic rings. The number of hydrogen-bond donors (Lipinski definition) is 0. The molecule has 0 amide bonds. The highest BCUT2D eigenvalue weighted by Crippen LogP contribution is 2.24. The fourth-order valence-electron chi connectivity index (χ4n) is 1.52. The van der Waals surface area contributed by atoms with Crippen molar-refractivity contribution in [2.75, 3.05) is 20.8 Å². The van der Waals surface area contributed by atoms with E-state index in [9.17, 15) is 4.79 Å². The van der Waals surface area contributed by atoms with E-state index in [1.807, 2.05) is 0 Å². The van der Waals surface area contributed by atoms with E-state index in [2.05, 4.69) is 6.92 Å². The zero-order valence-electron chi connectivity index (χ0n) is 11.6. The molecule has 0 aromatic heterocycles. The number of methoxy groups -OCH3 is 2. The molecule has 106 valence electrons. The smallest absolute Gasteiger partial charge is 0.376 e. The lowest BCUT2D eigenvalue weighted by atomic mass is 10.2. The first kappa shape index (κ1) is 15.3. The molecule has 0 N–H and O–H groups in total. The Morgan fingerprint density at radius 1 is 1.16 bits per heavy atom. The van der Waals surface area contributed by atoms with Crippen molar-refractivity contribution >= 4 is 5.97 Å². The van der Waals surface area contributed by atoms with Gasteiger partial charge in [0.1, 0.15) is 17.1 Å². The van der Waals surface area contributed by atoms with Gasteiger partial charge >= 0.3 is 5.97 Å². The highest BCUT2D eigenvalue weighted by molar-refractivity contribution is 5.92. The van der Waals surface area contributed by atoms with E-state index in [0.717, 1.165) is 19.3 Å². The van der Waals surface area contributed by atoms with Crippen molar-refractivity contribution in [3.05, 3.63) is 23.8 Å². The lowest BCUT2D eigenvalue weighted by Crippen LogP contribution is -2.09. The first-order valence-corrected chi connectivity index (χ1v) is 6.28. The van der Waals surface area contributed by atoms with Gasteiger partial charge < -0.3 is 9.47 Å². The van der Waals surface area contributed by atoms with Gasteiger partial charge in [-0.05, 0) is 24.6 Å². The summed E-state index contributed by atoms with van der Waals surface area (Å²) in [5.41, 5.74) is 0.275. The van der Waals surface area contributed by atoms with Crippen LogP contribution in [0.15, 0.2) is 18.2 Å². The first-order valence-electron chi connectivity index (χ1n) is 6.28. The van der Waals surface area contributed by atoms with E-state index < -0.39 is 5.97 Å². The SMILES string of the molecule is CCCCCOOC(=O)c1cc(OC)ccc1OC. The van der Waals surface area contributed by atoms with E-state index in [-0.39, 0.29) is 5.56 Å². The van der Waals surface area contributed by atoms with Crippen LogP contribution in [0.5, 0.6) is 11.5 Å². The number of unbranched alkanes of at least 4 members (excludes halogenated alkanes) is 2. The molecule has 0 aliphatic heterocycles. The van der Waals surface area contributed by atoms with Gasteiger partial charge in [0.15, 0.2) is 0 Å². The third-order valence-corrected chi connectivity index (χ3v) is 2.59. The van der Waals surface area contributed by atoms with Crippen LogP contribution in [0.1, 0.15) is 36.5 Å². The first-order chi connectivity index (χ1) is 9.22. The Kier molecular flexibility index (Phi) is 6.74. The zero-order chi connectivity index (χ0) is 14.1. The molecule has 0 unspecified atom stereocenters. The quantitative estimate of drug-likeness (QED) is 0.412. The van der Waals surface area contributed by atoms with Crippen LogP contribution < -0.4 is 9.47 Å². The maximum absolute atomic E-state index is 11.8. The zero-order valence-corrected chi connectivity index (χ0v) is 11.6. The van der Waals surface area contributed by atoms with Crippen molar-refractivity contribution in [3.8, 4) is 11.5 Å². The van der Waals surface area contributed by atoms with Crippen LogP contribution in [0.4, 0.5) is 0 Å². The second-order valence-corrected chi connectivity index (χ2v) is 3.97. The van der Waals surface area contributed by atoms with Gasteiger partial charge in [-0.1, -0.05) is 19.8 Å². The molecule has 0 aliphatic rings. The predicted molar refractivity (Wildman–Crippen MR) is 70.4 cm³/mol. The normalized spacial score (nSPS) is 10.1. The summed E-state index contributed by atoms with van der Waals surface area (Å²) < 4.78 is 10.2. The van der Waals surface area contributed by atoms with Crippen LogP contribution >= 0.6 is 0 Å². The molecule has 0 heterocycles. The minimum absolute atomic E-state index is 0.275. The number of rotatable bonds is 8. The summed E-state index contributed by atoms with van der Waals surface area (Å²) in [5.74, 6) is 0.383. The number of carbonyl (C=O) groups is 1. The third kappa shape index (κ3) is 4.79. The Balaban J connectivity index is 2.59. The van der Waals surface area contributed by atoms with Crippen LogP contribution in [0.25, 0.3) is 0 Å². The molecule has 0 aliphatic carbocycles. The minimum atomic E-state index is -0.591. The summed E-state index contributed by atoms with van der Waals surface area (Å²) >= 11 is 0. The van der Waals surface area contributed by atoms with Crippen molar-refractivity contribution in [2.24, 2.45) is 0 Å². The predicted octanol–water partition coefficient (Wildman–Crippen LogP) is 2.98. The Bertz CT molecular complexity index is 403. The van der Waals surface area contributed by atoms with Crippen LogP contribution in [-0.4, -0.2) is 26.8 Å². The fraction of sp³-hybridized carbons (Fsp3) is 0.500. The molecule has 0 fully saturated rings. The average molecular weight is 268 g/mol. The van der Waals surface area contributed by atoms with E-state index in [1.54, 1.807) is 18.2 Å². The van der Waals surface area contributed by atoms with Gasteiger partial charge in [-0.3, -0.25) is 4.89 Å². The van der Waals surface area contributed by atoms with E-state index >= 15 is 0 Å². The van der Waals surface area contributed by atoms with Crippen molar-refractivity contribution in [1.82, 2.24) is 0 Å². The molecule has 0 spiro atoms. The van der Waals surface area contributed by atoms with Crippen molar-refractivity contribution in [1.29, 1.82) is 0 Å². The van der Waals surface area contributed by atoms with Gasteiger partial charge in [-0.15, -0.1) is 0 Å². The van der Waals surface area contributed by atoms with Crippen molar-refractivity contribution in [3.63, 3.8) is 0 Å². The van der Waals surface area contributed by atoms with Crippen LogP contribution in [-0.2, 0) is 9.78 Å². The number of carbonyl (C=O) groups excluding carboxylic acids is 1. The largest absolute Gasteiger partial charge is 0.497 e. The van der Waals surface area contributed by atoms with Crippen LogP contribution in [0.3, 0.4) is 0 Å². The molecule has 0 radical (unpaired) electrons. The Morgan fingerprint density at radius 3 is 2.58 bits per heavy atom. The molecule has 0 bridgehead atoms. The van der Waals surface area contributed by atoms with Gasteiger partial charge in [0, 0.05) is 0 Å². The van der Waals surface area contributed by atoms with E-state index in [0.29, 0.717) is 18.1 Å². The summed E-state index contributed by atoms with van der Waals surface area (Å²) in [6, 6.07) is 4.90. The van der Waals surface area contributed by atoms with Gasteiger partial charge in [0.25, 0.3) is 0 Å². The molecule has 1 aromatic carbocycles. The molecule has 1 rings (SSSR count). The number of benzene rings is 1. The van der Waals surface area contributed by atoms with Crippen molar-refractivity contribution < 1.29 is 24.0 Å². The van der Waals surface area contributed by atoms with Gasteiger partial charge in [0.2, 0.25) is 0 Å². The second-order valence-electron chi connectivity index (χ2n) is 3.97. The van der Waals surface area contributed by atoms with E-state index in [4.69, 9.17) is 19.2 Å². The summed E-state index contributed by atoms with van der Waals surface area (Å²) in [7, 11) is 3.01. The Hall–Kier alpha value is -1.75. The lowest BCUT2D eigenvalue weighted by molar-refractivity contribution is -0.241. The summed E-state index contributed by atoms with van der Waals surface area (Å²) in [6.07, 6.45) is 2.99. The maximum Gasteiger partial charge on any atom is 0.376 e. The molecule has 0 atom stereocenters. The Labute approximate surface area is 113 Å². The summed E-state index contributed by atoms with van der Waals surface area (Å²) in [4.78, 5) is 21.5. The molecular weight excluding hydrogens is 248 g/mol. The Morgan fingerprint density at radius 2 is 1.95 bits per heavy atom. The number of ether oxygens (including phenoxy) is 2. The molecule has 5 heteroatoms. The lowest BCUT2D eigenvalue weighted by Gasteiger charge is -2.09. The summed E-state index contributed by atoms with van der Waals surface area (Å²) in [6.45, 7) is 2.49. The standard InChI is InChI=1S/C14H20O5/c1-4-5-6-9-18-19-14(15)12-10-11(16-2)7-8-13(12)17-3/h7-8,10H,4-6,9H2,1-3H3. The van der Waals surface area contributed by atoms with E-state index in [1.165, 1.54) is 14.2 Å². The molecule has 5 nitrogen and oxygen atoms in total. The fourth-order valence-corrected chi connectivity index (χ4v) is 1.52. The van der Waals surface area contributed by atoms with Gasteiger partial charge in [-0.25, -0.2) is 4.79 Å². The topological polar surface area (TPSA) is 54.0 Å². The van der Waals surface area contributed by atoms with Crippen LogP contribution in [0, 0.1) is 0 Å². The third-order valence-electron chi connectivity index (χ3n) is 2.59. The summed E-state index contributed by atoms with van der Waals surface area (Å²) in [5, 5.41) is 0. The second kappa shape index (κ2) is 8.37.